The van der Waals surface area contributed by atoms with Crippen molar-refractivity contribution in [1.82, 2.24) is 0 Å². The van der Waals surface area contributed by atoms with Gasteiger partial charge in [-0.25, -0.2) is 0 Å². The zero-order valence-corrected chi connectivity index (χ0v) is 8.09. The van der Waals surface area contributed by atoms with Crippen molar-refractivity contribution < 1.29 is 0 Å². The van der Waals surface area contributed by atoms with Gasteiger partial charge in [0, 0.05) is 0 Å². The fraction of sp³-hybridized carbons (Fsp3) is 0.636. The average Bonchev–Trinajstić information content (AvgIpc) is 2.07. The van der Waals surface area contributed by atoms with Crippen LogP contribution in [0.15, 0.2) is 24.3 Å². The maximum absolute atomic E-state index is 5.74. The van der Waals surface area contributed by atoms with E-state index in [9.17, 15) is 0 Å². The third kappa shape index (κ3) is 1.78. The molecule has 1 aliphatic carbocycles. The number of nitrogens with two attached hydrogens (primary N) is 1. The Morgan fingerprint density at radius 3 is 2.67 bits per heavy atom. The molecule has 0 aromatic rings. The van der Waals surface area contributed by atoms with Crippen molar-refractivity contribution in [2.45, 2.75) is 26.7 Å². The van der Waals surface area contributed by atoms with Gasteiger partial charge in [0.1, 0.15) is 0 Å². The molecule has 2 N–H and O–H groups in total. The van der Waals surface area contributed by atoms with E-state index in [-0.39, 0.29) is 0 Å². The van der Waals surface area contributed by atoms with Crippen LogP contribution < -0.4 is 5.73 Å². The van der Waals surface area contributed by atoms with Crippen molar-refractivity contribution in [1.29, 1.82) is 0 Å². The summed E-state index contributed by atoms with van der Waals surface area (Å²) in [7, 11) is 0. The fourth-order valence-electron chi connectivity index (χ4n) is 1.95. The maximum Gasteiger partial charge on any atom is -0.00406 e. The molecule has 0 saturated heterocycles. The first-order valence-electron chi connectivity index (χ1n) is 4.77. The van der Waals surface area contributed by atoms with E-state index in [0.29, 0.717) is 11.3 Å². The van der Waals surface area contributed by atoms with Gasteiger partial charge in [0.2, 0.25) is 0 Å². The summed E-state index contributed by atoms with van der Waals surface area (Å²) in [6.07, 6.45) is 11.1. The number of hydrogen-bond donors (Lipinski definition) is 1. The smallest absolute Gasteiger partial charge is 0.00406 e. The molecular weight excluding hydrogens is 146 g/mol. The highest BCUT2D eigenvalue weighted by molar-refractivity contribution is 5.16. The second-order valence-electron chi connectivity index (χ2n) is 3.84. The molecule has 0 bridgehead atoms. The molecule has 0 aromatic heterocycles. The second kappa shape index (κ2) is 3.90. The quantitative estimate of drug-likeness (QED) is 0.683. The topological polar surface area (TPSA) is 26.0 Å². The standard InChI is InChI=1S/C11H19N/c1-3-10(9-12)11(2)7-5-4-6-8-11/h4-7,10H,3,8-9,12H2,1-2H3/t10-,11?/m1/s1. The maximum atomic E-state index is 5.74. The van der Waals surface area contributed by atoms with Crippen molar-refractivity contribution in [3.63, 3.8) is 0 Å². The number of hydrogen-bond acceptors (Lipinski definition) is 1. The Bertz CT molecular complexity index is 189. The Labute approximate surface area is 75.3 Å². The number of allylic oxidation sites excluding steroid dienone is 4. The van der Waals surface area contributed by atoms with Crippen molar-refractivity contribution in [3.8, 4) is 0 Å². The lowest BCUT2D eigenvalue weighted by Crippen LogP contribution is -2.31. The zero-order valence-electron chi connectivity index (χ0n) is 8.09. The summed E-state index contributed by atoms with van der Waals surface area (Å²) in [4.78, 5) is 0. The molecule has 1 rings (SSSR count). The van der Waals surface area contributed by atoms with Crippen LogP contribution in [0.4, 0.5) is 0 Å². The Hall–Kier alpha value is -0.560. The third-order valence-corrected chi connectivity index (χ3v) is 2.99. The fourth-order valence-corrected chi connectivity index (χ4v) is 1.95. The summed E-state index contributed by atoms with van der Waals surface area (Å²) in [6.45, 7) is 5.31. The van der Waals surface area contributed by atoms with E-state index in [1.165, 1.54) is 6.42 Å². The Kier molecular flexibility index (Phi) is 3.10. The van der Waals surface area contributed by atoms with Gasteiger partial charge in [0.15, 0.2) is 0 Å². The van der Waals surface area contributed by atoms with Crippen LogP contribution in [-0.2, 0) is 0 Å². The molecular formula is C11H19N. The molecule has 0 aromatic carbocycles. The second-order valence-corrected chi connectivity index (χ2v) is 3.84. The molecule has 1 aliphatic rings. The molecule has 0 amide bonds. The lowest BCUT2D eigenvalue weighted by Gasteiger charge is -2.34. The lowest BCUT2D eigenvalue weighted by molar-refractivity contribution is 0.254. The first-order chi connectivity index (χ1) is 5.73. The zero-order chi connectivity index (χ0) is 9.03. The highest BCUT2D eigenvalue weighted by atomic mass is 14.6. The summed E-state index contributed by atoms with van der Waals surface area (Å²) in [5, 5.41) is 0. The van der Waals surface area contributed by atoms with Crippen LogP contribution in [0.5, 0.6) is 0 Å². The predicted octanol–water partition coefficient (Wildman–Crippen LogP) is 2.49. The molecule has 0 aliphatic heterocycles. The van der Waals surface area contributed by atoms with Gasteiger partial charge in [-0.1, -0.05) is 44.6 Å². The molecule has 0 fully saturated rings. The van der Waals surface area contributed by atoms with Gasteiger partial charge in [0.05, 0.1) is 0 Å². The van der Waals surface area contributed by atoms with Crippen LogP contribution in [-0.4, -0.2) is 6.54 Å². The molecule has 68 valence electrons. The molecule has 0 heterocycles. The van der Waals surface area contributed by atoms with Crippen molar-refractivity contribution in [2.75, 3.05) is 6.54 Å². The van der Waals surface area contributed by atoms with E-state index in [0.717, 1.165) is 13.0 Å². The van der Waals surface area contributed by atoms with Crippen molar-refractivity contribution in [3.05, 3.63) is 24.3 Å². The Morgan fingerprint density at radius 2 is 2.25 bits per heavy atom. The molecule has 1 heteroatoms. The molecule has 12 heavy (non-hydrogen) atoms. The third-order valence-electron chi connectivity index (χ3n) is 2.99. The van der Waals surface area contributed by atoms with Crippen molar-refractivity contribution >= 4 is 0 Å². The van der Waals surface area contributed by atoms with E-state index in [1.54, 1.807) is 0 Å². The van der Waals surface area contributed by atoms with E-state index in [4.69, 9.17) is 5.73 Å². The van der Waals surface area contributed by atoms with Gasteiger partial charge < -0.3 is 5.73 Å². The highest BCUT2D eigenvalue weighted by Crippen LogP contribution is 2.36. The minimum Gasteiger partial charge on any atom is -0.330 e. The van der Waals surface area contributed by atoms with Crippen LogP contribution >= 0.6 is 0 Å². The summed E-state index contributed by atoms with van der Waals surface area (Å²) in [5.74, 6) is 0.624. The van der Waals surface area contributed by atoms with Gasteiger partial charge in [-0.05, 0) is 24.3 Å². The number of rotatable bonds is 3. The van der Waals surface area contributed by atoms with E-state index >= 15 is 0 Å². The predicted molar refractivity (Wildman–Crippen MR) is 53.8 cm³/mol. The van der Waals surface area contributed by atoms with Crippen LogP contribution in [0.3, 0.4) is 0 Å². The Balaban J connectivity index is 2.69. The SMILES string of the molecule is CC[C@H](CN)C1(C)C=CC=CC1. The lowest BCUT2D eigenvalue weighted by atomic mass is 9.71. The van der Waals surface area contributed by atoms with Crippen LogP contribution in [0.2, 0.25) is 0 Å². The Morgan fingerprint density at radius 1 is 1.50 bits per heavy atom. The van der Waals surface area contributed by atoms with Crippen LogP contribution in [0.1, 0.15) is 26.7 Å². The monoisotopic (exact) mass is 165 g/mol. The molecule has 1 unspecified atom stereocenters. The first kappa shape index (κ1) is 9.53. The minimum absolute atomic E-state index is 0.304. The van der Waals surface area contributed by atoms with Crippen LogP contribution in [0, 0.1) is 11.3 Å². The molecule has 0 saturated carbocycles. The van der Waals surface area contributed by atoms with Crippen molar-refractivity contribution in [2.24, 2.45) is 17.1 Å². The molecule has 1 nitrogen and oxygen atoms in total. The van der Waals surface area contributed by atoms with E-state index in [1.807, 2.05) is 0 Å². The highest BCUT2D eigenvalue weighted by Gasteiger charge is 2.28. The van der Waals surface area contributed by atoms with Gasteiger partial charge >= 0.3 is 0 Å². The summed E-state index contributed by atoms with van der Waals surface area (Å²) in [6, 6.07) is 0. The average molecular weight is 165 g/mol. The molecule has 0 spiro atoms. The van der Waals surface area contributed by atoms with Gasteiger partial charge in [0.25, 0.3) is 0 Å². The largest absolute Gasteiger partial charge is 0.330 e. The molecule has 2 atom stereocenters. The minimum atomic E-state index is 0.304. The van der Waals surface area contributed by atoms with E-state index < -0.39 is 0 Å². The van der Waals surface area contributed by atoms with Crippen LogP contribution in [0.25, 0.3) is 0 Å². The van der Waals surface area contributed by atoms with Gasteiger partial charge in [-0.3, -0.25) is 0 Å². The van der Waals surface area contributed by atoms with E-state index in [2.05, 4.69) is 38.2 Å². The molecule has 0 radical (unpaired) electrons. The van der Waals surface area contributed by atoms with Gasteiger partial charge in [-0.2, -0.15) is 0 Å². The summed E-state index contributed by atoms with van der Waals surface area (Å²) >= 11 is 0. The summed E-state index contributed by atoms with van der Waals surface area (Å²) in [5.41, 5.74) is 6.05. The first-order valence-corrected chi connectivity index (χ1v) is 4.77. The van der Waals surface area contributed by atoms with Gasteiger partial charge in [-0.15, -0.1) is 0 Å². The summed E-state index contributed by atoms with van der Waals surface area (Å²) < 4.78 is 0. The normalized spacial score (nSPS) is 30.6.